The predicted molar refractivity (Wildman–Crippen MR) is 76.6 cm³/mol. The number of ether oxygens (including phenoxy) is 1. The van der Waals surface area contributed by atoms with E-state index in [9.17, 15) is 4.79 Å². The molecule has 0 heterocycles. The molecule has 1 aliphatic rings. The van der Waals surface area contributed by atoms with Crippen LogP contribution in [0.25, 0.3) is 0 Å². The fourth-order valence-corrected chi connectivity index (χ4v) is 2.61. The molecule has 19 heavy (non-hydrogen) atoms. The molecular weight excluding hydrogens is 264 g/mol. The molecule has 5 heteroatoms. The summed E-state index contributed by atoms with van der Waals surface area (Å²) in [5.41, 5.74) is 6.47. The molecule has 0 unspecified atom stereocenters. The molecule has 0 aromatic heterocycles. The Bertz CT molecular complexity index is 467. The first kappa shape index (κ1) is 14.2. The van der Waals surface area contributed by atoms with Crippen LogP contribution in [-0.2, 0) is 4.79 Å². The van der Waals surface area contributed by atoms with Crippen LogP contribution in [0.4, 0.5) is 5.69 Å². The molecule has 4 nitrogen and oxygen atoms in total. The number of nitrogens with two attached hydrogens (primary N) is 1. The fourth-order valence-electron chi connectivity index (χ4n) is 2.41. The van der Waals surface area contributed by atoms with Crippen molar-refractivity contribution in [3.63, 3.8) is 0 Å². The molecule has 0 bridgehead atoms. The Labute approximate surface area is 118 Å². The van der Waals surface area contributed by atoms with E-state index in [0.29, 0.717) is 29.4 Å². The Balaban J connectivity index is 1.99. The molecule has 1 aromatic carbocycles. The number of carbonyl (C=O) groups excluding carboxylic acids is 1. The van der Waals surface area contributed by atoms with Crippen LogP contribution in [0.1, 0.15) is 25.7 Å². The number of amides is 1. The van der Waals surface area contributed by atoms with Gasteiger partial charge in [-0.15, -0.1) is 0 Å². The van der Waals surface area contributed by atoms with Crippen molar-refractivity contribution >= 4 is 23.2 Å². The lowest BCUT2D eigenvalue weighted by molar-refractivity contribution is -0.119. The topological polar surface area (TPSA) is 64.3 Å². The third-order valence-corrected chi connectivity index (χ3v) is 4.13. The van der Waals surface area contributed by atoms with Crippen molar-refractivity contribution < 1.29 is 9.53 Å². The van der Waals surface area contributed by atoms with Gasteiger partial charge >= 0.3 is 0 Å². The van der Waals surface area contributed by atoms with E-state index >= 15 is 0 Å². The highest BCUT2D eigenvalue weighted by Gasteiger charge is 2.37. The first-order valence-corrected chi connectivity index (χ1v) is 6.80. The van der Waals surface area contributed by atoms with Crippen molar-refractivity contribution in [2.24, 2.45) is 11.1 Å². The molecule has 0 aliphatic heterocycles. The Kier molecular flexibility index (Phi) is 4.32. The van der Waals surface area contributed by atoms with Gasteiger partial charge < -0.3 is 15.8 Å². The maximum Gasteiger partial charge on any atom is 0.224 e. The monoisotopic (exact) mass is 282 g/mol. The lowest BCUT2D eigenvalue weighted by Crippen LogP contribution is -2.40. The first-order chi connectivity index (χ1) is 9.08. The number of benzene rings is 1. The number of hydrogen-bond acceptors (Lipinski definition) is 3. The van der Waals surface area contributed by atoms with Crippen molar-refractivity contribution in [3.05, 3.63) is 23.2 Å². The van der Waals surface area contributed by atoms with Gasteiger partial charge in [-0.25, -0.2) is 0 Å². The van der Waals surface area contributed by atoms with E-state index < -0.39 is 0 Å². The van der Waals surface area contributed by atoms with Crippen LogP contribution in [0.15, 0.2) is 18.2 Å². The van der Waals surface area contributed by atoms with Crippen molar-refractivity contribution in [2.75, 3.05) is 19.0 Å². The van der Waals surface area contributed by atoms with Gasteiger partial charge in [0.1, 0.15) is 5.75 Å². The van der Waals surface area contributed by atoms with E-state index in [0.717, 1.165) is 12.8 Å². The summed E-state index contributed by atoms with van der Waals surface area (Å²) in [5.74, 6) is 0.547. The number of halogens is 1. The maximum absolute atomic E-state index is 12.0. The maximum atomic E-state index is 12.0. The number of anilines is 1. The lowest BCUT2D eigenvalue weighted by atomic mass is 9.66. The zero-order valence-electron chi connectivity index (χ0n) is 11.0. The van der Waals surface area contributed by atoms with E-state index in [2.05, 4.69) is 5.32 Å². The van der Waals surface area contributed by atoms with Gasteiger partial charge in [0.25, 0.3) is 0 Å². The number of rotatable bonds is 5. The molecule has 1 aromatic rings. The molecular formula is C14H19ClN2O2. The number of hydrogen-bond donors (Lipinski definition) is 2. The zero-order chi connectivity index (χ0) is 13.9. The summed E-state index contributed by atoms with van der Waals surface area (Å²) < 4.78 is 5.12. The summed E-state index contributed by atoms with van der Waals surface area (Å²) in [6.45, 7) is 0.574. The van der Waals surface area contributed by atoms with Crippen molar-refractivity contribution in [3.8, 4) is 5.75 Å². The van der Waals surface area contributed by atoms with Gasteiger partial charge in [-0.2, -0.15) is 0 Å². The molecule has 3 N–H and O–H groups in total. The van der Waals surface area contributed by atoms with E-state index in [1.165, 1.54) is 6.42 Å². The molecule has 2 rings (SSSR count). The minimum absolute atomic E-state index is 0.00507. The number of nitrogens with one attached hydrogen (secondary N) is 1. The van der Waals surface area contributed by atoms with Crippen LogP contribution in [-0.4, -0.2) is 19.6 Å². The third-order valence-electron chi connectivity index (χ3n) is 3.82. The minimum atomic E-state index is -0.00507. The number of carbonyl (C=O) groups is 1. The molecule has 1 fully saturated rings. The Morgan fingerprint density at radius 1 is 1.53 bits per heavy atom. The van der Waals surface area contributed by atoms with Gasteiger partial charge in [-0.05, 0) is 36.9 Å². The smallest absolute Gasteiger partial charge is 0.224 e. The highest BCUT2D eigenvalue weighted by atomic mass is 35.5. The average Bonchev–Trinajstić information content (AvgIpc) is 2.36. The predicted octanol–water partition coefficient (Wildman–Crippen LogP) is 2.81. The van der Waals surface area contributed by atoms with Gasteiger partial charge in [0.2, 0.25) is 5.91 Å². The zero-order valence-corrected chi connectivity index (χ0v) is 11.8. The normalized spacial score (nSPS) is 16.6. The van der Waals surface area contributed by atoms with Crippen LogP contribution >= 0.6 is 11.6 Å². The largest absolute Gasteiger partial charge is 0.495 e. The summed E-state index contributed by atoms with van der Waals surface area (Å²) in [6, 6.07) is 5.19. The molecule has 0 saturated heterocycles. The van der Waals surface area contributed by atoms with Crippen LogP contribution in [0, 0.1) is 5.41 Å². The molecule has 1 aliphatic carbocycles. The quantitative estimate of drug-likeness (QED) is 0.873. The molecule has 0 radical (unpaired) electrons. The van der Waals surface area contributed by atoms with Crippen molar-refractivity contribution in [1.82, 2.24) is 0 Å². The third kappa shape index (κ3) is 3.19. The molecule has 0 spiro atoms. The first-order valence-electron chi connectivity index (χ1n) is 6.42. The summed E-state index contributed by atoms with van der Waals surface area (Å²) in [7, 11) is 1.55. The van der Waals surface area contributed by atoms with Crippen LogP contribution < -0.4 is 15.8 Å². The van der Waals surface area contributed by atoms with Gasteiger partial charge in [-0.1, -0.05) is 18.0 Å². The SMILES string of the molecule is COc1cc(NC(=O)CC2(CN)CCC2)ccc1Cl. The van der Waals surface area contributed by atoms with E-state index in [4.69, 9.17) is 22.1 Å². The summed E-state index contributed by atoms with van der Waals surface area (Å²) in [5, 5.41) is 3.39. The Morgan fingerprint density at radius 2 is 2.26 bits per heavy atom. The average molecular weight is 283 g/mol. The fraction of sp³-hybridized carbons (Fsp3) is 0.500. The molecule has 1 amide bonds. The summed E-state index contributed by atoms with van der Waals surface area (Å²) >= 11 is 5.94. The molecule has 0 atom stereocenters. The van der Waals surface area contributed by atoms with Crippen LogP contribution in [0.3, 0.4) is 0 Å². The van der Waals surface area contributed by atoms with Gasteiger partial charge in [0.15, 0.2) is 0 Å². The van der Waals surface area contributed by atoms with Crippen molar-refractivity contribution in [2.45, 2.75) is 25.7 Å². The summed E-state index contributed by atoms with van der Waals surface area (Å²) in [4.78, 5) is 12.0. The molecule has 104 valence electrons. The van der Waals surface area contributed by atoms with Crippen LogP contribution in [0.5, 0.6) is 5.75 Å². The van der Waals surface area contributed by atoms with Gasteiger partial charge in [0, 0.05) is 18.2 Å². The van der Waals surface area contributed by atoms with Gasteiger partial charge in [-0.3, -0.25) is 4.79 Å². The van der Waals surface area contributed by atoms with E-state index in [-0.39, 0.29) is 11.3 Å². The minimum Gasteiger partial charge on any atom is -0.495 e. The van der Waals surface area contributed by atoms with Crippen LogP contribution in [0.2, 0.25) is 5.02 Å². The Morgan fingerprint density at radius 3 is 2.79 bits per heavy atom. The second-order valence-corrected chi connectivity index (χ2v) is 5.54. The number of methoxy groups -OCH3 is 1. The second kappa shape index (κ2) is 5.80. The standard InChI is InChI=1S/C14H19ClN2O2/c1-19-12-7-10(3-4-11(12)15)17-13(18)8-14(9-16)5-2-6-14/h3-4,7H,2,5-6,8-9,16H2,1H3,(H,17,18). The highest BCUT2D eigenvalue weighted by Crippen LogP contribution is 2.43. The summed E-state index contributed by atoms with van der Waals surface area (Å²) in [6.07, 6.45) is 3.73. The van der Waals surface area contributed by atoms with Gasteiger partial charge in [0.05, 0.1) is 12.1 Å². The van der Waals surface area contributed by atoms with Crippen molar-refractivity contribution in [1.29, 1.82) is 0 Å². The lowest BCUT2D eigenvalue weighted by Gasteiger charge is -2.40. The highest BCUT2D eigenvalue weighted by molar-refractivity contribution is 6.32. The molecule has 1 saturated carbocycles. The van der Waals surface area contributed by atoms with E-state index in [1.54, 1.807) is 25.3 Å². The van der Waals surface area contributed by atoms with E-state index in [1.807, 2.05) is 0 Å². The Hall–Kier alpha value is -1.26. The second-order valence-electron chi connectivity index (χ2n) is 5.13.